The molecule has 0 radical (unpaired) electrons. The molecule has 1 aromatic rings. The summed E-state index contributed by atoms with van der Waals surface area (Å²) in [6.07, 6.45) is 1.90. The van der Waals surface area contributed by atoms with Crippen LogP contribution >= 0.6 is 0 Å². The lowest BCUT2D eigenvalue weighted by molar-refractivity contribution is 0.0611. The number of piperidine rings is 1. The second-order valence-electron chi connectivity index (χ2n) is 6.74. The third kappa shape index (κ3) is 5.54. The molecule has 1 heterocycles. The molecule has 128 valence electrons. The van der Waals surface area contributed by atoms with Crippen molar-refractivity contribution in [3.8, 4) is 0 Å². The molecule has 1 amide bonds. The van der Waals surface area contributed by atoms with E-state index in [0.29, 0.717) is 18.6 Å². The quantitative estimate of drug-likeness (QED) is 0.800. The van der Waals surface area contributed by atoms with Gasteiger partial charge in [0.15, 0.2) is 0 Å². The highest BCUT2D eigenvalue weighted by Gasteiger charge is 2.29. The Balaban J connectivity index is 1.88. The predicted octanol–water partition coefficient (Wildman–Crippen LogP) is 3.77. The Labute approximate surface area is 140 Å². The zero-order valence-electron chi connectivity index (χ0n) is 14.7. The number of benzene rings is 1. The molecule has 0 aromatic heterocycles. The zero-order chi connectivity index (χ0) is 16.7. The van der Waals surface area contributed by atoms with Crippen LogP contribution in [0.4, 0.5) is 4.79 Å². The van der Waals surface area contributed by atoms with Crippen molar-refractivity contribution in [2.75, 3.05) is 26.2 Å². The van der Waals surface area contributed by atoms with E-state index in [2.05, 4.69) is 49.1 Å². The van der Waals surface area contributed by atoms with Gasteiger partial charge in [0.05, 0.1) is 6.61 Å². The molecule has 1 aliphatic rings. The number of hydrogen-bond acceptors (Lipinski definition) is 3. The standard InChI is InChI=1S/C19H30N2O2/c1-4-23-19(22)21(14-16(2)3)18-10-12-20(13-11-18)15-17-8-6-5-7-9-17/h5-9,16,18H,4,10-15H2,1-3H3. The fourth-order valence-electron chi connectivity index (χ4n) is 3.20. The summed E-state index contributed by atoms with van der Waals surface area (Å²) < 4.78 is 5.25. The average molecular weight is 318 g/mol. The van der Waals surface area contributed by atoms with Crippen LogP contribution < -0.4 is 0 Å². The number of carbonyl (C=O) groups is 1. The summed E-state index contributed by atoms with van der Waals surface area (Å²) in [5, 5.41) is 0. The van der Waals surface area contributed by atoms with Gasteiger partial charge >= 0.3 is 6.09 Å². The van der Waals surface area contributed by atoms with Crippen molar-refractivity contribution in [2.45, 2.75) is 46.2 Å². The van der Waals surface area contributed by atoms with E-state index >= 15 is 0 Å². The highest BCUT2D eigenvalue weighted by Crippen LogP contribution is 2.20. The Hall–Kier alpha value is -1.55. The van der Waals surface area contributed by atoms with Crippen LogP contribution in [-0.4, -0.2) is 48.2 Å². The molecule has 0 bridgehead atoms. The van der Waals surface area contributed by atoms with E-state index in [0.717, 1.165) is 39.0 Å². The number of rotatable bonds is 6. The van der Waals surface area contributed by atoms with Crippen molar-refractivity contribution in [3.63, 3.8) is 0 Å². The topological polar surface area (TPSA) is 32.8 Å². The SMILES string of the molecule is CCOC(=O)N(CC(C)C)C1CCN(Cc2ccccc2)CC1. The molecule has 0 saturated carbocycles. The van der Waals surface area contributed by atoms with Gasteiger partial charge in [-0.15, -0.1) is 0 Å². The molecule has 0 spiro atoms. The van der Waals surface area contributed by atoms with E-state index in [-0.39, 0.29) is 6.09 Å². The molecule has 23 heavy (non-hydrogen) atoms. The lowest BCUT2D eigenvalue weighted by Crippen LogP contribution is -2.48. The van der Waals surface area contributed by atoms with E-state index < -0.39 is 0 Å². The number of ether oxygens (including phenoxy) is 1. The fraction of sp³-hybridized carbons (Fsp3) is 0.632. The number of amides is 1. The van der Waals surface area contributed by atoms with E-state index in [1.165, 1.54) is 5.56 Å². The highest BCUT2D eigenvalue weighted by atomic mass is 16.6. The molecular formula is C19H30N2O2. The molecule has 2 rings (SSSR count). The summed E-state index contributed by atoms with van der Waals surface area (Å²) in [6.45, 7) is 10.5. The molecule has 0 N–H and O–H groups in total. The summed E-state index contributed by atoms with van der Waals surface area (Å²) in [5.74, 6) is 0.460. The molecular weight excluding hydrogens is 288 g/mol. The minimum absolute atomic E-state index is 0.150. The van der Waals surface area contributed by atoms with Gasteiger partial charge in [-0.05, 0) is 31.2 Å². The maximum atomic E-state index is 12.2. The largest absolute Gasteiger partial charge is 0.450 e. The van der Waals surface area contributed by atoms with E-state index in [1.54, 1.807) is 0 Å². The Morgan fingerprint density at radius 2 is 1.91 bits per heavy atom. The van der Waals surface area contributed by atoms with Crippen molar-refractivity contribution in [2.24, 2.45) is 5.92 Å². The van der Waals surface area contributed by atoms with Gasteiger partial charge in [0.1, 0.15) is 0 Å². The Morgan fingerprint density at radius 3 is 2.48 bits per heavy atom. The molecule has 1 aromatic carbocycles. The van der Waals surface area contributed by atoms with Crippen LogP contribution in [0.15, 0.2) is 30.3 Å². The average Bonchev–Trinajstić information content (AvgIpc) is 2.54. The monoisotopic (exact) mass is 318 g/mol. The minimum atomic E-state index is -0.150. The van der Waals surface area contributed by atoms with Crippen LogP contribution in [0.1, 0.15) is 39.2 Å². The maximum Gasteiger partial charge on any atom is 0.410 e. The summed E-state index contributed by atoms with van der Waals surface area (Å²) in [7, 11) is 0. The number of likely N-dealkylation sites (tertiary alicyclic amines) is 1. The van der Waals surface area contributed by atoms with Gasteiger partial charge < -0.3 is 9.64 Å². The summed E-state index contributed by atoms with van der Waals surface area (Å²) >= 11 is 0. The van der Waals surface area contributed by atoms with Gasteiger partial charge in [-0.1, -0.05) is 44.2 Å². The van der Waals surface area contributed by atoms with Crippen LogP contribution in [0, 0.1) is 5.92 Å². The van der Waals surface area contributed by atoms with Crippen LogP contribution in [0.3, 0.4) is 0 Å². The molecule has 1 fully saturated rings. The van der Waals surface area contributed by atoms with Crippen LogP contribution in [0.5, 0.6) is 0 Å². The summed E-state index contributed by atoms with van der Waals surface area (Å²) in [6, 6.07) is 10.9. The van der Waals surface area contributed by atoms with Crippen molar-refractivity contribution < 1.29 is 9.53 Å². The minimum Gasteiger partial charge on any atom is -0.450 e. The van der Waals surface area contributed by atoms with Gasteiger partial charge in [0.25, 0.3) is 0 Å². The Morgan fingerprint density at radius 1 is 1.26 bits per heavy atom. The number of carbonyl (C=O) groups excluding carboxylic acids is 1. The van der Waals surface area contributed by atoms with Crippen molar-refractivity contribution in [3.05, 3.63) is 35.9 Å². The van der Waals surface area contributed by atoms with Crippen LogP contribution in [0.2, 0.25) is 0 Å². The summed E-state index contributed by atoms with van der Waals surface area (Å²) in [5.41, 5.74) is 1.36. The van der Waals surface area contributed by atoms with Gasteiger partial charge in [-0.2, -0.15) is 0 Å². The first kappa shape index (κ1) is 17.8. The normalized spacial score (nSPS) is 16.5. The smallest absolute Gasteiger partial charge is 0.410 e. The molecule has 1 saturated heterocycles. The zero-order valence-corrected chi connectivity index (χ0v) is 14.7. The van der Waals surface area contributed by atoms with Crippen molar-refractivity contribution >= 4 is 6.09 Å². The third-order valence-electron chi connectivity index (χ3n) is 4.31. The first-order valence-electron chi connectivity index (χ1n) is 8.79. The molecule has 4 heteroatoms. The molecule has 1 aliphatic heterocycles. The first-order chi connectivity index (χ1) is 11.1. The van der Waals surface area contributed by atoms with E-state index in [9.17, 15) is 4.79 Å². The fourth-order valence-corrected chi connectivity index (χ4v) is 3.20. The Bertz CT molecular complexity index is 468. The lowest BCUT2D eigenvalue weighted by Gasteiger charge is -2.38. The van der Waals surface area contributed by atoms with Gasteiger partial charge in [0, 0.05) is 32.2 Å². The first-order valence-corrected chi connectivity index (χ1v) is 8.79. The van der Waals surface area contributed by atoms with E-state index in [1.807, 2.05) is 11.8 Å². The van der Waals surface area contributed by atoms with E-state index in [4.69, 9.17) is 4.74 Å². The van der Waals surface area contributed by atoms with Crippen LogP contribution in [-0.2, 0) is 11.3 Å². The van der Waals surface area contributed by atoms with Crippen LogP contribution in [0.25, 0.3) is 0 Å². The molecule has 0 unspecified atom stereocenters. The third-order valence-corrected chi connectivity index (χ3v) is 4.31. The van der Waals surface area contributed by atoms with Gasteiger partial charge in [0.2, 0.25) is 0 Å². The highest BCUT2D eigenvalue weighted by molar-refractivity contribution is 5.68. The maximum absolute atomic E-state index is 12.2. The van der Waals surface area contributed by atoms with Gasteiger partial charge in [-0.25, -0.2) is 4.79 Å². The van der Waals surface area contributed by atoms with Crippen molar-refractivity contribution in [1.29, 1.82) is 0 Å². The molecule has 0 aliphatic carbocycles. The predicted molar refractivity (Wildman–Crippen MR) is 93.3 cm³/mol. The summed E-state index contributed by atoms with van der Waals surface area (Å²) in [4.78, 5) is 16.7. The molecule has 4 nitrogen and oxygen atoms in total. The van der Waals surface area contributed by atoms with Crippen molar-refractivity contribution in [1.82, 2.24) is 9.80 Å². The number of nitrogens with zero attached hydrogens (tertiary/aromatic N) is 2. The second kappa shape index (κ2) is 8.92. The van der Waals surface area contributed by atoms with Gasteiger partial charge in [-0.3, -0.25) is 4.90 Å². The number of hydrogen-bond donors (Lipinski definition) is 0. The lowest BCUT2D eigenvalue weighted by atomic mass is 10.0. The Kier molecular flexibility index (Phi) is 6.90. The second-order valence-corrected chi connectivity index (χ2v) is 6.74. The molecule has 0 atom stereocenters.